The zero-order valence-corrected chi connectivity index (χ0v) is 37.1. The molecule has 1 fully saturated rings. The summed E-state index contributed by atoms with van der Waals surface area (Å²) < 4.78 is 60.2. The monoisotopic (exact) mass is 876 g/mol. The van der Waals surface area contributed by atoms with Gasteiger partial charge in [-0.05, 0) is 45.9 Å². The Balaban J connectivity index is 1.07. The van der Waals surface area contributed by atoms with Crippen LogP contribution in [0, 0.1) is 0 Å². The van der Waals surface area contributed by atoms with Crippen molar-refractivity contribution in [2.24, 2.45) is 0 Å². The van der Waals surface area contributed by atoms with Crippen LogP contribution >= 0.6 is 0 Å². The highest BCUT2D eigenvalue weighted by Gasteiger charge is 2.49. The van der Waals surface area contributed by atoms with Crippen LogP contribution in [0.15, 0.2) is 194 Å². The smallest absolute Gasteiger partial charge is 0.186 e. The Morgan fingerprint density at radius 3 is 1.23 bits per heavy atom. The van der Waals surface area contributed by atoms with Crippen molar-refractivity contribution in [3.63, 3.8) is 0 Å². The molecule has 8 atom stereocenters. The third-order valence-corrected chi connectivity index (χ3v) is 11.7. The van der Waals surface area contributed by atoms with Gasteiger partial charge in [-0.15, -0.1) is 0 Å². The Labute approximate surface area is 383 Å². The second-order valence-corrected chi connectivity index (χ2v) is 16.4. The van der Waals surface area contributed by atoms with Crippen LogP contribution in [0.1, 0.15) is 46.2 Å². The molecule has 8 rings (SSSR count). The molecule has 2 heterocycles. The average molecular weight is 877 g/mol. The summed E-state index contributed by atoms with van der Waals surface area (Å²) in [5.74, 6) is 0.763. The van der Waals surface area contributed by atoms with E-state index in [1.165, 1.54) is 0 Å². The molecule has 338 valence electrons. The Kier molecular flexibility index (Phi) is 17.5. The first-order chi connectivity index (χ1) is 32.2. The Bertz CT molecular complexity index is 2250. The van der Waals surface area contributed by atoms with Crippen molar-refractivity contribution in [2.75, 3.05) is 13.7 Å². The van der Waals surface area contributed by atoms with Gasteiger partial charge < -0.3 is 42.6 Å². The lowest BCUT2D eigenvalue weighted by molar-refractivity contribution is -0.318. The summed E-state index contributed by atoms with van der Waals surface area (Å²) in [6.07, 6.45) is -1.14. The van der Waals surface area contributed by atoms with Crippen molar-refractivity contribution < 1.29 is 42.6 Å². The molecule has 0 aromatic heterocycles. The maximum atomic E-state index is 6.90. The fraction of sp³-hybridized carbons (Fsp3) is 0.321. The van der Waals surface area contributed by atoms with Gasteiger partial charge in [0.25, 0.3) is 0 Å². The summed E-state index contributed by atoms with van der Waals surface area (Å²) >= 11 is 0. The number of benzene rings is 6. The molecule has 9 heteroatoms. The van der Waals surface area contributed by atoms with Crippen molar-refractivity contribution >= 4 is 0 Å². The molecule has 0 spiro atoms. The van der Waals surface area contributed by atoms with Gasteiger partial charge in [-0.25, -0.2) is 0 Å². The van der Waals surface area contributed by atoms with Gasteiger partial charge in [-0.3, -0.25) is 0 Å². The molecule has 0 unspecified atom stereocenters. The van der Waals surface area contributed by atoms with E-state index in [-0.39, 0.29) is 0 Å². The van der Waals surface area contributed by atoms with Crippen molar-refractivity contribution in [3.05, 3.63) is 227 Å². The van der Waals surface area contributed by atoms with Crippen molar-refractivity contribution in [2.45, 2.75) is 102 Å². The van der Waals surface area contributed by atoms with Crippen LogP contribution in [0.25, 0.3) is 0 Å². The lowest BCUT2D eigenvalue weighted by Crippen LogP contribution is -2.60. The molecule has 0 bridgehead atoms. The predicted molar refractivity (Wildman–Crippen MR) is 249 cm³/mol. The third-order valence-electron chi connectivity index (χ3n) is 11.7. The van der Waals surface area contributed by atoms with E-state index in [2.05, 4.69) is 66.7 Å². The molecule has 0 saturated carbocycles. The molecule has 0 amide bonds. The summed E-state index contributed by atoms with van der Waals surface area (Å²) in [6, 6.07) is 60.9. The Morgan fingerprint density at radius 1 is 0.400 bits per heavy atom. The number of hydrogen-bond donors (Lipinski definition) is 0. The topological polar surface area (TPSA) is 83.1 Å². The van der Waals surface area contributed by atoms with Gasteiger partial charge in [0, 0.05) is 13.5 Å². The van der Waals surface area contributed by atoms with Crippen LogP contribution in [-0.4, -0.2) is 62.7 Å². The first kappa shape index (κ1) is 46.1. The number of allylic oxidation sites excluding steroid dienone is 1. The van der Waals surface area contributed by atoms with E-state index < -0.39 is 49.0 Å². The molecule has 1 saturated heterocycles. The molecule has 6 aromatic rings. The zero-order chi connectivity index (χ0) is 44.3. The van der Waals surface area contributed by atoms with Crippen LogP contribution in [0.2, 0.25) is 0 Å². The van der Waals surface area contributed by atoms with Gasteiger partial charge >= 0.3 is 0 Å². The number of ether oxygens (including phenoxy) is 9. The molecule has 65 heavy (non-hydrogen) atoms. The van der Waals surface area contributed by atoms with Crippen LogP contribution < -0.4 is 0 Å². The minimum Gasteiger partial charge on any atom is -0.490 e. The maximum absolute atomic E-state index is 6.90. The van der Waals surface area contributed by atoms with Gasteiger partial charge in [0.15, 0.2) is 12.4 Å². The summed E-state index contributed by atoms with van der Waals surface area (Å²) in [5, 5.41) is 0. The lowest BCUT2D eigenvalue weighted by Gasteiger charge is -2.46. The molecular formula is C56H60O9. The van der Waals surface area contributed by atoms with E-state index in [9.17, 15) is 0 Å². The highest BCUT2D eigenvalue weighted by atomic mass is 16.7. The summed E-state index contributed by atoms with van der Waals surface area (Å²) in [7, 11) is 1.65. The fourth-order valence-electron chi connectivity index (χ4n) is 8.26. The van der Waals surface area contributed by atoms with Gasteiger partial charge in [-0.1, -0.05) is 182 Å². The molecule has 6 aromatic carbocycles. The predicted octanol–water partition coefficient (Wildman–Crippen LogP) is 10.6. The summed E-state index contributed by atoms with van der Waals surface area (Å²) in [4.78, 5) is 0. The molecule has 9 nitrogen and oxygen atoms in total. The van der Waals surface area contributed by atoms with Crippen LogP contribution in [0.4, 0.5) is 0 Å². The van der Waals surface area contributed by atoms with Crippen molar-refractivity contribution in [1.82, 2.24) is 0 Å². The summed E-state index contributed by atoms with van der Waals surface area (Å²) in [5.41, 5.74) is 6.33. The van der Waals surface area contributed by atoms with E-state index >= 15 is 0 Å². The normalized spacial score (nSPS) is 23.1. The lowest BCUT2D eigenvalue weighted by atomic mass is 9.93. The molecule has 0 radical (unpaired) electrons. The van der Waals surface area contributed by atoms with E-state index in [0.29, 0.717) is 59.1 Å². The van der Waals surface area contributed by atoms with Gasteiger partial charge in [-0.2, -0.15) is 0 Å². The number of hydrogen-bond acceptors (Lipinski definition) is 9. The molecule has 0 aliphatic carbocycles. The van der Waals surface area contributed by atoms with Crippen molar-refractivity contribution in [1.29, 1.82) is 0 Å². The van der Waals surface area contributed by atoms with E-state index in [1.54, 1.807) is 7.11 Å². The summed E-state index contributed by atoms with van der Waals surface area (Å²) in [6.45, 7) is 2.59. The van der Waals surface area contributed by atoms with E-state index in [1.807, 2.05) is 121 Å². The van der Waals surface area contributed by atoms with Gasteiger partial charge in [0.1, 0.15) is 30.5 Å². The van der Waals surface area contributed by atoms with Crippen LogP contribution in [0.5, 0.6) is 0 Å². The van der Waals surface area contributed by atoms with Crippen molar-refractivity contribution in [3.8, 4) is 0 Å². The molecule has 2 aliphatic rings. The van der Waals surface area contributed by atoms with Crippen LogP contribution in [-0.2, 0) is 82.3 Å². The van der Waals surface area contributed by atoms with E-state index in [4.69, 9.17) is 42.6 Å². The first-order valence-electron chi connectivity index (χ1n) is 22.6. The van der Waals surface area contributed by atoms with E-state index in [0.717, 1.165) is 39.1 Å². The molecular weight excluding hydrogens is 817 g/mol. The molecule has 2 aliphatic heterocycles. The minimum atomic E-state index is -0.737. The van der Waals surface area contributed by atoms with Gasteiger partial charge in [0.2, 0.25) is 0 Å². The van der Waals surface area contributed by atoms with Crippen LogP contribution in [0.3, 0.4) is 0 Å². The quantitative estimate of drug-likeness (QED) is 0.0625. The third kappa shape index (κ3) is 13.8. The van der Waals surface area contributed by atoms with Gasteiger partial charge in [0.05, 0.1) is 58.1 Å². The standard InChI is InChI=1S/C56H60O9/c1-57-56-55(63-40-47-30-18-7-19-31-47)54(62-39-46-28-16-6-17-29-46)53(61-38-45-26-14-5-15-27-45)49(65-56)33-32-48-34-50(59-36-43-22-10-3-11-23-43)52(60-37-44-24-12-4-13-25-44)51(64-48)41-58-35-42-20-8-2-9-21-42/h2-31,34,49-56H,32-33,35-41H2,1H3/t49-,50+,51-,52-,53-,54+,55-,56+/m1/s1. The zero-order valence-electron chi connectivity index (χ0n) is 37.1. The number of methoxy groups -OCH3 is 1. The highest BCUT2D eigenvalue weighted by molar-refractivity contribution is 5.19. The minimum absolute atomic E-state index is 0.293. The number of rotatable bonds is 23. The average Bonchev–Trinajstić information content (AvgIpc) is 3.37. The molecule has 0 N–H and O–H groups in total. The second-order valence-electron chi connectivity index (χ2n) is 16.4. The SMILES string of the molecule is CO[C@H]1O[C@H](CCC2=C[C@H](OCc3ccccc3)[C@@H](OCc3ccccc3)[C@@H](COCc3ccccc3)O2)[C@@H](OCc2ccccc2)[C@H](OCc2ccccc2)[C@H]1OCc1ccccc1. The maximum Gasteiger partial charge on any atom is 0.186 e. The first-order valence-corrected chi connectivity index (χ1v) is 22.6. The second kappa shape index (κ2) is 24.7. The highest BCUT2D eigenvalue weighted by Crippen LogP contribution is 2.35. The largest absolute Gasteiger partial charge is 0.490 e. The Hall–Kier alpha value is -5.46. The fourth-order valence-corrected chi connectivity index (χ4v) is 8.26. The Morgan fingerprint density at radius 2 is 0.785 bits per heavy atom.